The Morgan fingerprint density at radius 1 is 1.55 bits per heavy atom. The summed E-state index contributed by atoms with van der Waals surface area (Å²) in [6, 6.07) is 0. The van der Waals surface area contributed by atoms with Gasteiger partial charge in [0, 0.05) is 13.1 Å². The maximum Gasteiger partial charge on any atom is 0.117 e. The fraction of sp³-hybridized carbons (Fsp3) is 1.00. The molecular formula is C8H16FNO. The smallest absolute Gasteiger partial charge is 0.117 e. The zero-order chi connectivity index (χ0) is 8.27. The molecule has 0 amide bonds. The first-order valence-electron chi connectivity index (χ1n) is 4.20. The van der Waals surface area contributed by atoms with Gasteiger partial charge < -0.3 is 4.74 Å². The first-order chi connectivity index (χ1) is 5.26. The Labute approximate surface area is 67.3 Å². The summed E-state index contributed by atoms with van der Waals surface area (Å²) in [4.78, 5) is 2.22. The summed E-state index contributed by atoms with van der Waals surface area (Å²) in [6.07, 6.45) is -0.0110. The van der Waals surface area contributed by atoms with E-state index in [0.29, 0.717) is 0 Å². The van der Waals surface area contributed by atoms with Gasteiger partial charge in [-0.05, 0) is 13.5 Å². The summed E-state index contributed by atoms with van der Waals surface area (Å²) < 4.78 is 17.6. The molecule has 1 fully saturated rings. The van der Waals surface area contributed by atoms with Crippen molar-refractivity contribution in [2.75, 3.05) is 26.3 Å². The Hall–Kier alpha value is -0.150. The lowest BCUT2D eigenvalue weighted by Gasteiger charge is -2.34. The van der Waals surface area contributed by atoms with Gasteiger partial charge >= 0.3 is 0 Å². The second-order valence-corrected chi connectivity index (χ2v) is 3.08. The Morgan fingerprint density at radius 3 is 2.82 bits per heavy atom. The monoisotopic (exact) mass is 161 g/mol. The Bertz CT molecular complexity index is 109. The zero-order valence-electron chi connectivity index (χ0n) is 7.22. The van der Waals surface area contributed by atoms with Crippen molar-refractivity contribution in [3.8, 4) is 0 Å². The van der Waals surface area contributed by atoms with Crippen molar-refractivity contribution in [2.45, 2.75) is 26.1 Å². The number of nitrogens with zero attached hydrogens (tertiary/aromatic N) is 1. The van der Waals surface area contributed by atoms with Gasteiger partial charge in [0.25, 0.3) is 0 Å². The number of hydrogen-bond donors (Lipinski definition) is 0. The van der Waals surface area contributed by atoms with E-state index in [1.165, 1.54) is 0 Å². The van der Waals surface area contributed by atoms with Gasteiger partial charge in [-0.25, -0.2) is 4.39 Å². The predicted octanol–water partition coefficient (Wildman–Crippen LogP) is 1.07. The molecule has 1 saturated heterocycles. The topological polar surface area (TPSA) is 12.5 Å². The number of morpholine rings is 1. The van der Waals surface area contributed by atoms with Crippen LogP contribution in [0.5, 0.6) is 0 Å². The molecule has 0 aliphatic carbocycles. The third-order valence-corrected chi connectivity index (χ3v) is 2.02. The molecule has 3 heteroatoms. The van der Waals surface area contributed by atoms with Crippen molar-refractivity contribution in [3.63, 3.8) is 0 Å². The minimum Gasteiger partial charge on any atom is -0.370 e. The van der Waals surface area contributed by atoms with E-state index in [-0.39, 0.29) is 18.9 Å². The summed E-state index contributed by atoms with van der Waals surface area (Å²) in [5.74, 6) is 0. The molecule has 0 aromatic heterocycles. The van der Waals surface area contributed by atoms with E-state index in [1.807, 2.05) is 6.92 Å². The van der Waals surface area contributed by atoms with Gasteiger partial charge in [0.2, 0.25) is 0 Å². The molecule has 11 heavy (non-hydrogen) atoms. The molecule has 0 radical (unpaired) electrons. The van der Waals surface area contributed by atoms with Crippen LogP contribution in [-0.2, 0) is 4.74 Å². The van der Waals surface area contributed by atoms with E-state index >= 15 is 0 Å². The summed E-state index contributed by atoms with van der Waals surface area (Å²) in [7, 11) is 0. The maximum absolute atomic E-state index is 12.2. The zero-order valence-corrected chi connectivity index (χ0v) is 7.22. The Balaban J connectivity index is 2.37. The largest absolute Gasteiger partial charge is 0.370 e. The van der Waals surface area contributed by atoms with Crippen LogP contribution in [0, 0.1) is 0 Å². The molecule has 1 rings (SSSR count). The molecular weight excluding hydrogens is 145 g/mol. The maximum atomic E-state index is 12.2. The summed E-state index contributed by atoms with van der Waals surface area (Å²) in [5, 5.41) is 0. The lowest BCUT2D eigenvalue weighted by atomic mass is 10.2. The van der Waals surface area contributed by atoms with E-state index < -0.39 is 0 Å². The van der Waals surface area contributed by atoms with Crippen LogP contribution in [0.4, 0.5) is 4.39 Å². The molecule has 2 atom stereocenters. The SMILES string of the molecule is CCN1CC(C)OC(CF)C1. The Morgan fingerprint density at radius 2 is 2.27 bits per heavy atom. The summed E-state index contributed by atoms with van der Waals surface area (Å²) in [6.45, 7) is 6.40. The third kappa shape index (κ3) is 2.42. The normalized spacial score (nSPS) is 34.1. The average molecular weight is 161 g/mol. The highest BCUT2D eigenvalue weighted by Gasteiger charge is 2.23. The molecule has 1 aliphatic rings. The number of hydrogen-bond acceptors (Lipinski definition) is 2. The standard InChI is InChI=1S/C8H16FNO/c1-3-10-5-7(2)11-8(4-9)6-10/h7-8H,3-6H2,1-2H3. The number of rotatable bonds is 2. The average Bonchev–Trinajstić information content (AvgIpc) is 2.03. The fourth-order valence-corrected chi connectivity index (χ4v) is 1.48. The molecule has 2 nitrogen and oxygen atoms in total. The Kier molecular flexibility index (Phi) is 3.27. The van der Waals surface area contributed by atoms with Gasteiger partial charge in [0.1, 0.15) is 6.67 Å². The van der Waals surface area contributed by atoms with E-state index in [9.17, 15) is 4.39 Å². The van der Waals surface area contributed by atoms with Crippen molar-refractivity contribution in [1.82, 2.24) is 4.90 Å². The first-order valence-corrected chi connectivity index (χ1v) is 4.20. The van der Waals surface area contributed by atoms with Crippen molar-refractivity contribution in [2.24, 2.45) is 0 Å². The molecule has 0 bridgehead atoms. The molecule has 1 heterocycles. The van der Waals surface area contributed by atoms with Crippen LogP contribution < -0.4 is 0 Å². The van der Waals surface area contributed by atoms with Gasteiger partial charge in [0.15, 0.2) is 0 Å². The highest BCUT2D eigenvalue weighted by molar-refractivity contribution is 4.73. The highest BCUT2D eigenvalue weighted by Crippen LogP contribution is 2.10. The summed E-state index contributed by atoms with van der Waals surface area (Å²) in [5.41, 5.74) is 0. The molecule has 0 N–H and O–H groups in total. The van der Waals surface area contributed by atoms with Gasteiger partial charge in [-0.15, -0.1) is 0 Å². The van der Waals surface area contributed by atoms with E-state index in [4.69, 9.17) is 4.74 Å². The first kappa shape index (κ1) is 8.94. The summed E-state index contributed by atoms with van der Waals surface area (Å²) >= 11 is 0. The highest BCUT2D eigenvalue weighted by atomic mass is 19.1. The van der Waals surface area contributed by atoms with Crippen molar-refractivity contribution in [3.05, 3.63) is 0 Å². The molecule has 2 unspecified atom stereocenters. The van der Waals surface area contributed by atoms with E-state index in [0.717, 1.165) is 19.6 Å². The molecule has 1 aliphatic heterocycles. The predicted molar refractivity (Wildman–Crippen MR) is 42.4 cm³/mol. The third-order valence-electron chi connectivity index (χ3n) is 2.02. The van der Waals surface area contributed by atoms with E-state index in [1.54, 1.807) is 0 Å². The van der Waals surface area contributed by atoms with Crippen LogP contribution in [-0.4, -0.2) is 43.4 Å². The lowest BCUT2D eigenvalue weighted by molar-refractivity contribution is -0.0830. The van der Waals surface area contributed by atoms with Crippen LogP contribution in [0.25, 0.3) is 0 Å². The van der Waals surface area contributed by atoms with E-state index in [2.05, 4.69) is 11.8 Å². The molecule has 66 valence electrons. The van der Waals surface area contributed by atoms with Gasteiger partial charge in [-0.1, -0.05) is 6.92 Å². The van der Waals surface area contributed by atoms with Crippen LogP contribution in [0.2, 0.25) is 0 Å². The number of ether oxygens (including phenoxy) is 1. The van der Waals surface area contributed by atoms with Crippen molar-refractivity contribution >= 4 is 0 Å². The number of alkyl halides is 1. The second-order valence-electron chi connectivity index (χ2n) is 3.08. The van der Waals surface area contributed by atoms with Gasteiger partial charge in [-0.3, -0.25) is 4.90 Å². The van der Waals surface area contributed by atoms with Crippen LogP contribution in [0.3, 0.4) is 0 Å². The second kappa shape index (κ2) is 4.02. The fourth-order valence-electron chi connectivity index (χ4n) is 1.48. The van der Waals surface area contributed by atoms with Crippen LogP contribution in [0.15, 0.2) is 0 Å². The van der Waals surface area contributed by atoms with Crippen LogP contribution in [0.1, 0.15) is 13.8 Å². The van der Waals surface area contributed by atoms with Crippen LogP contribution >= 0.6 is 0 Å². The lowest BCUT2D eigenvalue weighted by Crippen LogP contribution is -2.47. The quantitative estimate of drug-likeness (QED) is 0.600. The molecule has 0 spiro atoms. The van der Waals surface area contributed by atoms with Crippen molar-refractivity contribution in [1.29, 1.82) is 0 Å². The van der Waals surface area contributed by atoms with Gasteiger partial charge in [0.05, 0.1) is 12.2 Å². The number of likely N-dealkylation sites (N-methyl/N-ethyl adjacent to an activating group) is 1. The van der Waals surface area contributed by atoms with Gasteiger partial charge in [-0.2, -0.15) is 0 Å². The van der Waals surface area contributed by atoms with Crippen molar-refractivity contribution < 1.29 is 9.13 Å². The molecule has 0 saturated carbocycles. The minimum atomic E-state index is -0.360. The number of halogens is 1. The minimum absolute atomic E-state index is 0.185. The molecule has 0 aromatic carbocycles. The molecule has 0 aromatic rings.